The molecule has 4 heteroatoms. The first-order chi connectivity index (χ1) is 8.59. The normalized spacial score (nSPS) is 10.9. The standard InChI is InChI=1S/C14H12O4/c15-11-5-1-3-9(13(11)17)7-8-10-4-2-6-12(16)14(10)18/h1-8,15-18H/b8-7+. The van der Waals surface area contributed by atoms with Gasteiger partial charge in [0.1, 0.15) is 0 Å². The molecule has 0 saturated heterocycles. The highest BCUT2D eigenvalue weighted by atomic mass is 16.3. The SMILES string of the molecule is Oc1cccc(/C=C/c2cccc(O)c2O)c1O. The number of hydrogen-bond donors (Lipinski definition) is 4. The molecule has 0 atom stereocenters. The van der Waals surface area contributed by atoms with E-state index in [1.807, 2.05) is 0 Å². The highest BCUT2D eigenvalue weighted by molar-refractivity contribution is 5.76. The number of phenols is 4. The van der Waals surface area contributed by atoms with E-state index in [1.165, 1.54) is 24.3 Å². The maximum absolute atomic E-state index is 9.59. The Labute approximate surface area is 104 Å². The van der Waals surface area contributed by atoms with Gasteiger partial charge in [-0.1, -0.05) is 36.4 Å². The van der Waals surface area contributed by atoms with Gasteiger partial charge < -0.3 is 20.4 Å². The molecule has 0 aromatic heterocycles. The number of phenolic OH excluding ortho intramolecular Hbond substituents is 4. The first kappa shape index (κ1) is 11.9. The van der Waals surface area contributed by atoms with Gasteiger partial charge >= 0.3 is 0 Å². The molecule has 4 N–H and O–H groups in total. The average molecular weight is 244 g/mol. The van der Waals surface area contributed by atoms with Crippen LogP contribution in [-0.2, 0) is 0 Å². The van der Waals surface area contributed by atoms with Gasteiger partial charge in [-0.25, -0.2) is 0 Å². The minimum Gasteiger partial charge on any atom is -0.504 e. The maximum Gasteiger partial charge on any atom is 0.164 e. The Morgan fingerprint density at radius 2 is 1.00 bits per heavy atom. The maximum atomic E-state index is 9.59. The van der Waals surface area contributed by atoms with E-state index in [4.69, 9.17) is 0 Å². The van der Waals surface area contributed by atoms with Crippen molar-refractivity contribution in [2.75, 3.05) is 0 Å². The van der Waals surface area contributed by atoms with E-state index in [2.05, 4.69) is 0 Å². The van der Waals surface area contributed by atoms with Crippen molar-refractivity contribution in [1.82, 2.24) is 0 Å². The van der Waals surface area contributed by atoms with E-state index in [0.717, 1.165) is 0 Å². The zero-order chi connectivity index (χ0) is 13.1. The van der Waals surface area contributed by atoms with Crippen LogP contribution in [0.25, 0.3) is 12.2 Å². The molecule has 4 nitrogen and oxygen atoms in total. The predicted molar refractivity (Wildman–Crippen MR) is 68.5 cm³/mol. The van der Waals surface area contributed by atoms with E-state index in [9.17, 15) is 20.4 Å². The van der Waals surface area contributed by atoms with Gasteiger partial charge in [0.2, 0.25) is 0 Å². The Hall–Kier alpha value is -2.62. The van der Waals surface area contributed by atoms with E-state index in [0.29, 0.717) is 11.1 Å². The minimum absolute atomic E-state index is 0.211. The fourth-order valence-electron chi connectivity index (χ4n) is 1.55. The Kier molecular flexibility index (Phi) is 3.10. The van der Waals surface area contributed by atoms with Crippen molar-refractivity contribution in [3.8, 4) is 23.0 Å². The Bertz CT molecular complexity index is 549. The van der Waals surface area contributed by atoms with Gasteiger partial charge in [0.25, 0.3) is 0 Å². The van der Waals surface area contributed by atoms with Crippen molar-refractivity contribution in [3.63, 3.8) is 0 Å². The van der Waals surface area contributed by atoms with Gasteiger partial charge in [-0.2, -0.15) is 0 Å². The first-order valence-corrected chi connectivity index (χ1v) is 5.29. The van der Waals surface area contributed by atoms with Crippen LogP contribution >= 0.6 is 0 Å². The third-order valence-electron chi connectivity index (χ3n) is 2.53. The summed E-state index contributed by atoms with van der Waals surface area (Å²) in [5, 5.41) is 37.8. The number of benzene rings is 2. The molecule has 0 aliphatic rings. The molecular formula is C14H12O4. The Morgan fingerprint density at radius 3 is 1.39 bits per heavy atom. The summed E-state index contributed by atoms with van der Waals surface area (Å²) in [4.78, 5) is 0. The Morgan fingerprint density at radius 1 is 0.611 bits per heavy atom. The lowest BCUT2D eigenvalue weighted by Crippen LogP contribution is -1.77. The molecule has 0 aliphatic carbocycles. The van der Waals surface area contributed by atoms with Crippen LogP contribution in [0, 0.1) is 0 Å². The van der Waals surface area contributed by atoms with E-state index >= 15 is 0 Å². The van der Waals surface area contributed by atoms with Crippen LogP contribution < -0.4 is 0 Å². The summed E-state index contributed by atoms with van der Waals surface area (Å²) >= 11 is 0. The molecule has 0 unspecified atom stereocenters. The van der Waals surface area contributed by atoms with Crippen LogP contribution in [0.5, 0.6) is 23.0 Å². The quantitative estimate of drug-likeness (QED) is 0.483. The van der Waals surface area contributed by atoms with Crippen LogP contribution in [0.2, 0.25) is 0 Å². The fourth-order valence-corrected chi connectivity index (χ4v) is 1.55. The molecule has 0 spiro atoms. The van der Waals surface area contributed by atoms with Gasteiger partial charge in [-0.05, 0) is 12.1 Å². The molecular weight excluding hydrogens is 232 g/mol. The van der Waals surface area contributed by atoms with Gasteiger partial charge in [0, 0.05) is 11.1 Å². The third-order valence-corrected chi connectivity index (χ3v) is 2.53. The lowest BCUT2D eigenvalue weighted by molar-refractivity contribution is 0.402. The van der Waals surface area contributed by atoms with Crippen LogP contribution in [0.4, 0.5) is 0 Å². The van der Waals surface area contributed by atoms with Crippen LogP contribution in [0.1, 0.15) is 11.1 Å². The van der Waals surface area contributed by atoms with Crippen molar-refractivity contribution in [2.24, 2.45) is 0 Å². The van der Waals surface area contributed by atoms with Gasteiger partial charge in [0.15, 0.2) is 23.0 Å². The van der Waals surface area contributed by atoms with Crippen LogP contribution in [0.15, 0.2) is 36.4 Å². The summed E-state index contributed by atoms with van der Waals surface area (Å²) in [5.41, 5.74) is 0.829. The molecule has 0 bridgehead atoms. The highest BCUT2D eigenvalue weighted by Crippen LogP contribution is 2.32. The topological polar surface area (TPSA) is 80.9 Å². The zero-order valence-electron chi connectivity index (χ0n) is 9.41. The van der Waals surface area contributed by atoms with Crippen molar-refractivity contribution in [2.45, 2.75) is 0 Å². The molecule has 2 aromatic rings. The molecule has 0 aliphatic heterocycles. The summed E-state index contributed by atoms with van der Waals surface area (Å²) in [6.45, 7) is 0. The molecule has 0 fully saturated rings. The predicted octanol–water partition coefficient (Wildman–Crippen LogP) is 2.68. The van der Waals surface area contributed by atoms with Crippen LogP contribution in [0.3, 0.4) is 0 Å². The van der Waals surface area contributed by atoms with Crippen molar-refractivity contribution in [3.05, 3.63) is 47.5 Å². The molecule has 2 rings (SSSR count). The Balaban J connectivity index is 2.36. The van der Waals surface area contributed by atoms with E-state index < -0.39 is 0 Å². The zero-order valence-corrected chi connectivity index (χ0v) is 9.41. The van der Waals surface area contributed by atoms with Gasteiger partial charge in [0.05, 0.1) is 0 Å². The molecule has 0 radical (unpaired) electrons. The molecule has 0 amide bonds. The summed E-state index contributed by atoms with van der Waals surface area (Å²) in [5.74, 6) is -0.878. The smallest absolute Gasteiger partial charge is 0.164 e. The van der Waals surface area contributed by atoms with Crippen molar-refractivity contribution >= 4 is 12.2 Å². The molecule has 2 aromatic carbocycles. The largest absolute Gasteiger partial charge is 0.504 e. The summed E-state index contributed by atoms with van der Waals surface area (Å²) < 4.78 is 0. The number of rotatable bonds is 2. The van der Waals surface area contributed by atoms with E-state index in [-0.39, 0.29) is 23.0 Å². The second-order valence-corrected chi connectivity index (χ2v) is 3.76. The molecule has 18 heavy (non-hydrogen) atoms. The first-order valence-electron chi connectivity index (χ1n) is 5.29. The van der Waals surface area contributed by atoms with E-state index in [1.54, 1.807) is 24.3 Å². The fraction of sp³-hybridized carbons (Fsp3) is 0. The second-order valence-electron chi connectivity index (χ2n) is 3.76. The lowest BCUT2D eigenvalue weighted by Gasteiger charge is -2.03. The highest BCUT2D eigenvalue weighted by Gasteiger charge is 2.04. The van der Waals surface area contributed by atoms with Gasteiger partial charge in [-0.15, -0.1) is 0 Å². The summed E-state index contributed by atoms with van der Waals surface area (Å²) in [6.07, 6.45) is 3.06. The number of para-hydroxylation sites is 2. The van der Waals surface area contributed by atoms with Crippen molar-refractivity contribution < 1.29 is 20.4 Å². The third kappa shape index (κ3) is 2.22. The molecule has 0 heterocycles. The summed E-state index contributed by atoms with van der Waals surface area (Å²) in [7, 11) is 0. The average Bonchev–Trinajstić information content (AvgIpc) is 2.36. The number of aromatic hydroxyl groups is 4. The lowest BCUT2D eigenvalue weighted by atomic mass is 10.1. The molecule has 92 valence electrons. The minimum atomic E-state index is -0.228. The summed E-state index contributed by atoms with van der Waals surface area (Å²) in [6, 6.07) is 9.17. The van der Waals surface area contributed by atoms with Gasteiger partial charge in [-0.3, -0.25) is 0 Å². The van der Waals surface area contributed by atoms with Crippen molar-refractivity contribution in [1.29, 1.82) is 0 Å². The van der Waals surface area contributed by atoms with Crippen LogP contribution in [-0.4, -0.2) is 20.4 Å². The molecule has 0 saturated carbocycles. The number of hydrogen-bond acceptors (Lipinski definition) is 4. The second kappa shape index (κ2) is 4.71. The monoisotopic (exact) mass is 244 g/mol.